The summed E-state index contributed by atoms with van der Waals surface area (Å²) < 4.78 is 0. The predicted octanol–water partition coefficient (Wildman–Crippen LogP) is 2.12. The van der Waals surface area contributed by atoms with E-state index in [1.165, 1.54) is 29.5 Å². The highest BCUT2D eigenvalue weighted by atomic mass is 32.2. The van der Waals surface area contributed by atoms with Crippen LogP contribution in [-0.4, -0.2) is 45.7 Å². The Kier molecular flexibility index (Phi) is 4.96. The molecule has 1 saturated heterocycles. The van der Waals surface area contributed by atoms with E-state index in [0.717, 1.165) is 19.3 Å². The minimum Gasteiger partial charge on any atom is -0.480 e. The molecule has 2 amide bonds. The fraction of sp³-hybridized carbons (Fsp3) is 0.846. The first kappa shape index (κ1) is 14.5. The number of nitrogens with zero attached hydrogens (tertiary/aromatic N) is 1. The van der Waals surface area contributed by atoms with Crippen LogP contribution in [0.4, 0.5) is 4.79 Å². The summed E-state index contributed by atoms with van der Waals surface area (Å²) in [6.07, 6.45) is 5.64. The van der Waals surface area contributed by atoms with Crippen LogP contribution < -0.4 is 5.32 Å². The number of aliphatic carboxylic acids is 1. The van der Waals surface area contributed by atoms with Gasteiger partial charge in [0.1, 0.15) is 6.04 Å². The smallest absolute Gasteiger partial charge is 0.327 e. The van der Waals surface area contributed by atoms with Crippen LogP contribution in [0.15, 0.2) is 0 Å². The number of nitrogens with one attached hydrogen (secondary N) is 1. The lowest BCUT2D eigenvalue weighted by Crippen LogP contribution is -2.51. The molecule has 2 fully saturated rings. The molecule has 0 radical (unpaired) electrons. The monoisotopic (exact) mass is 286 g/mol. The van der Waals surface area contributed by atoms with E-state index in [1.807, 2.05) is 0 Å². The number of carbonyl (C=O) groups is 2. The summed E-state index contributed by atoms with van der Waals surface area (Å²) in [5.74, 6) is 0.601. The number of hydrogen-bond donors (Lipinski definition) is 2. The average molecular weight is 286 g/mol. The van der Waals surface area contributed by atoms with Crippen molar-refractivity contribution >= 4 is 23.8 Å². The molecule has 0 bridgehead atoms. The lowest BCUT2D eigenvalue weighted by molar-refractivity contribution is -0.140. The second-order valence-electron chi connectivity index (χ2n) is 5.33. The van der Waals surface area contributed by atoms with Crippen LogP contribution in [0.2, 0.25) is 0 Å². The van der Waals surface area contributed by atoms with Gasteiger partial charge < -0.3 is 15.3 Å². The van der Waals surface area contributed by atoms with E-state index in [2.05, 4.69) is 12.2 Å². The third kappa shape index (κ3) is 3.35. The number of carboxylic acids is 1. The molecular formula is C13H22N2O3S. The highest BCUT2D eigenvalue weighted by Crippen LogP contribution is 2.28. The second-order valence-corrected chi connectivity index (χ2v) is 6.33. The van der Waals surface area contributed by atoms with E-state index in [1.54, 1.807) is 0 Å². The van der Waals surface area contributed by atoms with Crippen LogP contribution >= 0.6 is 11.8 Å². The van der Waals surface area contributed by atoms with Gasteiger partial charge in [0.15, 0.2) is 0 Å². The van der Waals surface area contributed by atoms with E-state index >= 15 is 0 Å². The third-order valence-electron chi connectivity index (χ3n) is 4.17. The molecule has 1 heterocycles. The molecule has 0 aromatic carbocycles. The quantitative estimate of drug-likeness (QED) is 0.834. The Balaban J connectivity index is 1.94. The van der Waals surface area contributed by atoms with Crippen molar-refractivity contribution < 1.29 is 14.7 Å². The summed E-state index contributed by atoms with van der Waals surface area (Å²) in [5.41, 5.74) is 0. The van der Waals surface area contributed by atoms with E-state index in [4.69, 9.17) is 5.11 Å². The molecule has 3 unspecified atom stereocenters. The van der Waals surface area contributed by atoms with Crippen LogP contribution in [0.25, 0.3) is 0 Å². The molecule has 1 aliphatic heterocycles. The molecule has 1 saturated carbocycles. The van der Waals surface area contributed by atoms with Crippen molar-refractivity contribution in [3.05, 3.63) is 0 Å². The maximum atomic E-state index is 12.2. The lowest BCUT2D eigenvalue weighted by atomic mass is 9.83. The highest BCUT2D eigenvalue weighted by Gasteiger charge is 2.36. The summed E-state index contributed by atoms with van der Waals surface area (Å²) in [4.78, 5) is 24.8. The van der Waals surface area contributed by atoms with E-state index in [-0.39, 0.29) is 12.1 Å². The summed E-state index contributed by atoms with van der Waals surface area (Å²) in [6.45, 7) is 2.15. The normalized spacial score (nSPS) is 31.2. The van der Waals surface area contributed by atoms with Crippen LogP contribution in [0, 0.1) is 5.92 Å². The summed E-state index contributed by atoms with van der Waals surface area (Å²) >= 11 is 1.50. The molecule has 0 aromatic heterocycles. The van der Waals surface area contributed by atoms with E-state index < -0.39 is 12.0 Å². The first-order valence-corrected chi connectivity index (χ1v) is 8.16. The van der Waals surface area contributed by atoms with Crippen molar-refractivity contribution in [3.8, 4) is 0 Å². The maximum Gasteiger partial charge on any atom is 0.327 e. The Morgan fingerprint density at radius 2 is 2.11 bits per heavy atom. The molecule has 0 spiro atoms. The van der Waals surface area contributed by atoms with Crippen LogP contribution in [0.3, 0.4) is 0 Å². The van der Waals surface area contributed by atoms with Crippen molar-refractivity contribution in [1.29, 1.82) is 0 Å². The van der Waals surface area contributed by atoms with Crippen molar-refractivity contribution in [1.82, 2.24) is 10.2 Å². The summed E-state index contributed by atoms with van der Waals surface area (Å²) in [5, 5.41) is 12.2. The minimum atomic E-state index is -0.907. The fourth-order valence-electron chi connectivity index (χ4n) is 2.98. The van der Waals surface area contributed by atoms with Crippen LogP contribution in [0.1, 0.15) is 39.0 Å². The van der Waals surface area contributed by atoms with E-state index in [0.29, 0.717) is 17.5 Å². The highest BCUT2D eigenvalue weighted by molar-refractivity contribution is 7.99. The van der Waals surface area contributed by atoms with Gasteiger partial charge in [0.2, 0.25) is 0 Å². The maximum absolute atomic E-state index is 12.2. The second kappa shape index (κ2) is 6.50. The zero-order valence-electron chi connectivity index (χ0n) is 11.3. The van der Waals surface area contributed by atoms with Crippen molar-refractivity contribution in [2.24, 2.45) is 5.92 Å². The predicted molar refractivity (Wildman–Crippen MR) is 75.2 cm³/mol. The van der Waals surface area contributed by atoms with Gasteiger partial charge in [-0.25, -0.2) is 9.59 Å². The topological polar surface area (TPSA) is 69.6 Å². The van der Waals surface area contributed by atoms with Gasteiger partial charge in [0.25, 0.3) is 0 Å². The lowest BCUT2D eigenvalue weighted by Gasteiger charge is -2.33. The van der Waals surface area contributed by atoms with Gasteiger partial charge in [-0.2, -0.15) is 0 Å². The van der Waals surface area contributed by atoms with E-state index in [9.17, 15) is 9.59 Å². The molecule has 5 nitrogen and oxygen atoms in total. The van der Waals surface area contributed by atoms with Gasteiger partial charge in [-0.15, -0.1) is 11.8 Å². The Morgan fingerprint density at radius 3 is 2.79 bits per heavy atom. The van der Waals surface area contributed by atoms with Crippen molar-refractivity contribution in [2.45, 2.75) is 51.1 Å². The SMILES string of the molecule is CCC1CCCCC1NC(=O)N1CSCC1C(=O)O. The zero-order valence-corrected chi connectivity index (χ0v) is 12.1. The van der Waals surface area contributed by atoms with Gasteiger partial charge in [0.05, 0.1) is 5.88 Å². The summed E-state index contributed by atoms with van der Waals surface area (Å²) in [6, 6.07) is -0.664. The molecular weight excluding hydrogens is 264 g/mol. The van der Waals surface area contributed by atoms with Crippen molar-refractivity contribution in [3.63, 3.8) is 0 Å². The van der Waals surface area contributed by atoms with Crippen molar-refractivity contribution in [2.75, 3.05) is 11.6 Å². The first-order valence-electron chi connectivity index (χ1n) is 7.01. The number of amides is 2. The molecule has 6 heteroatoms. The van der Waals surface area contributed by atoms with Gasteiger partial charge in [-0.1, -0.05) is 26.2 Å². The Bertz CT molecular complexity index is 351. The largest absolute Gasteiger partial charge is 0.480 e. The van der Waals surface area contributed by atoms with Gasteiger partial charge >= 0.3 is 12.0 Å². The number of carbonyl (C=O) groups excluding carboxylic acids is 1. The molecule has 108 valence electrons. The Labute approximate surface area is 118 Å². The first-order chi connectivity index (χ1) is 9.13. The number of hydrogen-bond acceptors (Lipinski definition) is 3. The van der Waals surface area contributed by atoms with Crippen LogP contribution in [-0.2, 0) is 4.79 Å². The molecule has 0 aromatic rings. The molecule has 19 heavy (non-hydrogen) atoms. The molecule has 2 aliphatic rings. The fourth-order valence-corrected chi connectivity index (χ4v) is 4.12. The van der Waals surface area contributed by atoms with Crippen LogP contribution in [0.5, 0.6) is 0 Å². The average Bonchev–Trinajstić information content (AvgIpc) is 2.88. The molecule has 1 aliphatic carbocycles. The van der Waals surface area contributed by atoms with Gasteiger partial charge in [-0.05, 0) is 18.8 Å². The number of carboxylic acid groups (broad SMARTS) is 1. The number of thioether (sulfide) groups is 1. The Hall–Kier alpha value is -0.910. The number of urea groups is 1. The zero-order chi connectivity index (χ0) is 13.8. The summed E-state index contributed by atoms with van der Waals surface area (Å²) in [7, 11) is 0. The molecule has 3 atom stereocenters. The molecule has 2 N–H and O–H groups in total. The Morgan fingerprint density at radius 1 is 1.37 bits per heavy atom. The number of rotatable bonds is 3. The minimum absolute atomic E-state index is 0.206. The standard InChI is InChI=1S/C13H22N2O3S/c1-2-9-5-3-4-6-10(9)14-13(18)15-8-19-7-11(15)12(16)17/h9-11H,2-8H2,1H3,(H,14,18)(H,16,17). The molecule has 2 rings (SSSR count). The van der Waals surface area contributed by atoms with Gasteiger partial charge in [-0.3, -0.25) is 0 Å². The third-order valence-corrected chi connectivity index (χ3v) is 5.18. The van der Waals surface area contributed by atoms with Gasteiger partial charge in [0, 0.05) is 11.8 Å².